The second-order valence-electron chi connectivity index (χ2n) is 4.52. The van der Waals surface area contributed by atoms with Gasteiger partial charge in [-0.25, -0.2) is 0 Å². The van der Waals surface area contributed by atoms with E-state index in [0.29, 0.717) is 6.73 Å². The lowest BCUT2D eigenvalue weighted by Gasteiger charge is -2.06. The van der Waals surface area contributed by atoms with Crippen LogP contribution in [0.5, 0.6) is 0 Å². The minimum absolute atomic E-state index is 0.533. The number of hydrogen-bond acceptors (Lipinski definition) is 1. The normalized spacial score (nSPS) is 11.8. The second-order valence-corrected chi connectivity index (χ2v) is 7.01. The third-order valence-corrected chi connectivity index (χ3v) is 4.57. The number of rotatable bonds is 3. The topological polar surface area (TPSA) is 14.2 Å². The van der Waals surface area contributed by atoms with Gasteiger partial charge in [0.25, 0.3) is 0 Å². The summed E-state index contributed by atoms with van der Waals surface area (Å²) in [5.41, 5.74) is 2.43. The van der Waals surface area contributed by atoms with Gasteiger partial charge in [0, 0.05) is 17.9 Å². The molecule has 0 aliphatic rings. The first-order chi connectivity index (χ1) is 9.70. The van der Waals surface area contributed by atoms with Crippen LogP contribution in [0.2, 0.25) is 0 Å². The fraction of sp³-hybridized carbons (Fsp3) is 0.125. The summed E-state index contributed by atoms with van der Waals surface area (Å²) in [5, 5.41) is 2.57. The highest BCUT2D eigenvalue weighted by molar-refractivity contribution is 14.1. The molecule has 0 fully saturated rings. The Labute approximate surface area is 145 Å². The maximum absolute atomic E-state index is 5.58. The predicted molar refractivity (Wildman–Crippen MR) is 101 cm³/mol. The predicted octanol–water partition coefficient (Wildman–Crippen LogP) is 5.51. The molecule has 0 saturated carbocycles. The van der Waals surface area contributed by atoms with E-state index >= 15 is 0 Å². The molecular formula is C16H13I2NO. The van der Waals surface area contributed by atoms with Crippen molar-refractivity contribution in [3.63, 3.8) is 0 Å². The molecule has 3 aromatic rings. The molecule has 0 aliphatic carbocycles. The highest BCUT2D eigenvalue weighted by Gasteiger charge is 2.11. The number of halogens is 2. The number of fused-ring (bicyclic) bond motifs is 3. The molecule has 0 atom stereocenters. The molecule has 102 valence electrons. The van der Waals surface area contributed by atoms with E-state index in [9.17, 15) is 0 Å². The number of hydrogen-bond donors (Lipinski definition) is 0. The van der Waals surface area contributed by atoms with Gasteiger partial charge in [0.2, 0.25) is 0 Å². The van der Waals surface area contributed by atoms with Crippen molar-refractivity contribution in [1.82, 2.24) is 4.57 Å². The first-order valence-electron chi connectivity index (χ1n) is 6.30. The Bertz CT molecular complexity index is 746. The third-order valence-electron chi connectivity index (χ3n) is 3.22. The third kappa shape index (κ3) is 2.55. The Morgan fingerprint density at radius 1 is 1.00 bits per heavy atom. The maximum Gasteiger partial charge on any atom is 0.164 e. The molecule has 0 spiro atoms. The summed E-state index contributed by atoms with van der Waals surface area (Å²) in [4.78, 5) is 0. The van der Waals surface area contributed by atoms with Crippen molar-refractivity contribution >= 4 is 67.0 Å². The van der Waals surface area contributed by atoms with E-state index < -0.39 is 0 Å². The molecule has 0 amide bonds. The smallest absolute Gasteiger partial charge is 0.164 e. The standard InChI is InChI=1S/C16H13I2NO/c1-2-7-20-10-19-15-5-3-11(17)8-13(15)14-9-12(18)4-6-16(14)19/h2-9H,10H2,1H3. The van der Waals surface area contributed by atoms with Crippen LogP contribution in [0.1, 0.15) is 6.92 Å². The molecule has 0 unspecified atom stereocenters. The Morgan fingerprint density at radius 2 is 1.55 bits per heavy atom. The van der Waals surface area contributed by atoms with Crippen molar-refractivity contribution in [2.45, 2.75) is 13.7 Å². The van der Waals surface area contributed by atoms with E-state index in [1.165, 1.54) is 28.9 Å². The lowest BCUT2D eigenvalue weighted by molar-refractivity contribution is 0.183. The van der Waals surface area contributed by atoms with Gasteiger partial charge in [0.1, 0.15) is 0 Å². The lowest BCUT2D eigenvalue weighted by Crippen LogP contribution is -1.98. The molecule has 2 aromatic carbocycles. The Morgan fingerprint density at radius 3 is 2.05 bits per heavy atom. The van der Waals surface area contributed by atoms with Crippen LogP contribution < -0.4 is 0 Å². The minimum Gasteiger partial charge on any atom is -0.481 e. The molecule has 2 nitrogen and oxygen atoms in total. The highest BCUT2D eigenvalue weighted by atomic mass is 127. The van der Waals surface area contributed by atoms with Gasteiger partial charge < -0.3 is 9.30 Å². The Balaban J connectivity index is 2.29. The first-order valence-corrected chi connectivity index (χ1v) is 8.46. The quantitative estimate of drug-likeness (QED) is 0.350. The molecule has 1 aromatic heterocycles. The Hall–Kier alpha value is -0.760. The zero-order valence-electron chi connectivity index (χ0n) is 10.9. The van der Waals surface area contributed by atoms with E-state index in [1.807, 2.05) is 13.0 Å². The summed E-state index contributed by atoms with van der Waals surface area (Å²) >= 11 is 4.72. The summed E-state index contributed by atoms with van der Waals surface area (Å²) in [6, 6.07) is 13.1. The van der Waals surface area contributed by atoms with E-state index in [-0.39, 0.29) is 0 Å². The SMILES string of the molecule is CC=COCn1c2ccc(I)cc2c2cc(I)ccc21. The van der Waals surface area contributed by atoms with Crippen LogP contribution in [-0.2, 0) is 11.5 Å². The van der Waals surface area contributed by atoms with Gasteiger partial charge in [-0.05, 0) is 88.5 Å². The van der Waals surface area contributed by atoms with Crippen molar-refractivity contribution in [2.24, 2.45) is 0 Å². The molecular weight excluding hydrogens is 476 g/mol. The fourth-order valence-corrected chi connectivity index (χ4v) is 3.38. The molecule has 0 saturated heterocycles. The number of allylic oxidation sites excluding steroid dienone is 1. The van der Waals surface area contributed by atoms with Crippen LogP contribution in [0.15, 0.2) is 48.7 Å². The van der Waals surface area contributed by atoms with Crippen LogP contribution >= 0.6 is 45.2 Å². The molecule has 4 heteroatoms. The number of ether oxygens (including phenoxy) is 1. The number of benzene rings is 2. The lowest BCUT2D eigenvalue weighted by atomic mass is 10.2. The fourth-order valence-electron chi connectivity index (χ4n) is 2.40. The summed E-state index contributed by atoms with van der Waals surface area (Å²) in [6.07, 6.45) is 3.64. The number of nitrogens with zero attached hydrogens (tertiary/aromatic N) is 1. The van der Waals surface area contributed by atoms with Gasteiger partial charge in [-0.15, -0.1) is 0 Å². The molecule has 0 bridgehead atoms. The largest absolute Gasteiger partial charge is 0.481 e. The molecule has 3 rings (SSSR count). The Kier molecular flexibility index (Phi) is 4.21. The number of aromatic nitrogens is 1. The summed E-state index contributed by atoms with van der Waals surface area (Å²) in [6.45, 7) is 2.49. The van der Waals surface area contributed by atoms with Crippen molar-refractivity contribution < 1.29 is 4.74 Å². The average Bonchev–Trinajstić information content (AvgIpc) is 2.72. The van der Waals surface area contributed by atoms with E-state index in [1.54, 1.807) is 6.26 Å². The minimum atomic E-state index is 0.533. The van der Waals surface area contributed by atoms with Crippen LogP contribution in [0.4, 0.5) is 0 Å². The van der Waals surface area contributed by atoms with E-state index in [4.69, 9.17) is 4.74 Å². The molecule has 0 N–H and O–H groups in total. The monoisotopic (exact) mass is 489 g/mol. The highest BCUT2D eigenvalue weighted by Crippen LogP contribution is 2.31. The zero-order chi connectivity index (χ0) is 14.1. The van der Waals surface area contributed by atoms with Gasteiger partial charge in [-0.3, -0.25) is 0 Å². The molecule has 0 aliphatic heterocycles. The van der Waals surface area contributed by atoms with E-state index in [2.05, 4.69) is 86.1 Å². The van der Waals surface area contributed by atoms with Gasteiger partial charge in [-0.1, -0.05) is 6.08 Å². The molecule has 0 radical (unpaired) electrons. The van der Waals surface area contributed by atoms with Crippen molar-refractivity contribution in [3.05, 3.63) is 55.9 Å². The summed E-state index contributed by atoms with van der Waals surface area (Å²) < 4.78 is 10.3. The van der Waals surface area contributed by atoms with Gasteiger partial charge in [0.15, 0.2) is 6.73 Å². The van der Waals surface area contributed by atoms with Gasteiger partial charge in [0.05, 0.1) is 17.3 Å². The summed E-state index contributed by atoms with van der Waals surface area (Å²) in [7, 11) is 0. The zero-order valence-corrected chi connectivity index (χ0v) is 15.3. The second kappa shape index (κ2) is 5.93. The van der Waals surface area contributed by atoms with Gasteiger partial charge in [-0.2, -0.15) is 0 Å². The van der Waals surface area contributed by atoms with Crippen molar-refractivity contribution in [2.75, 3.05) is 0 Å². The van der Waals surface area contributed by atoms with Gasteiger partial charge >= 0.3 is 0 Å². The molecule has 1 heterocycles. The maximum atomic E-state index is 5.58. The van der Waals surface area contributed by atoms with Crippen molar-refractivity contribution in [3.8, 4) is 0 Å². The average molecular weight is 489 g/mol. The van der Waals surface area contributed by atoms with Crippen molar-refractivity contribution in [1.29, 1.82) is 0 Å². The summed E-state index contributed by atoms with van der Waals surface area (Å²) in [5.74, 6) is 0. The molecule has 20 heavy (non-hydrogen) atoms. The van der Waals surface area contributed by atoms with Crippen LogP contribution in [0.3, 0.4) is 0 Å². The first kappa shape index (κ1) is 14.2. The van der Waals surface area contributed by atoms with Crippen LogP contribution in [-0.4, -0.2) is 4.57 Å². The van der Waals surface area contributed by atoms with Crippen LogP contribution in [0.25, 0.3) is 21.8 Å². The van der Waals surface area contributed by atoms with E-state index in [0.717, 1.165) is 0 Å². The van der Waals surface area contributed by atoms with Crippen LogP contribution in [0, 0.1) is 7.14 Å².